The maximum absolute atomic E-state index is 12.0. The number of methoxy groups -OCH3 is 1. The highest BCUT2D eigenvalue weighted by Gasteiger charge is 2.39. The van der Waals surface area contributed by atoms with Crippen molar-refractivity contribution in [1.29, 1.82) is 0 Å². The van der Waals surface area contributed by atoms with E-state index in [0.29, 0.717) is 12.6 Å². The van der Waals surface area contributed by atoms with E-state index in [0.717, 1.165) is 12.8 Å². The van der Waals surface area contributed by atoms with Crippen molar-refractivity contribution in [1.82, 2.24) is 5.32 Å². The van der Waals surface area contributed by atoms with Crippen LogP contribution < -0.4 is 5.32 Å². The van der Waals surface area contributed by atoms with Crippen LogP contribution in [0, 0.1) is 5.92 Å². The second-order valence-corrected chi connectivity index (χ2v) is 6.57. The molecule has 0 amide bonds. The van der Waals surface area contributed by atoms with Crippen LogP contribution in [0.4, 0.5) is 0 Å². The van der Waals surface area contributed by atoms with Gasteiger partial charge in [-0.25, -0.2) is 8.42 Å². The molecule has 15 heavy (non-hydrogen) atoms. The van der Waals surface area contributed by atoms with Crippen molar-refractivity contribution < 1.29 is 13.2 Å². The average Bonchev–Trinajstić information content (AvgIpc) is 2.57. The standard InChI is InChI=1S/C10H21NO3S/c1-8-9(11-2)4-5-10(8)15(12,13)7-6-14-3/h8-11H,4-7H2,1-3H3. The van der Waals surface area contributed by atoms with Gasteiger partial charge in [-0.2, -0.15) is 0 Å². The molecule has 5 heteroatoms. The second kappa shape index (κ2) is 5.27. The lowest BCUT2D eigenvalue weighted by Gasteiger charge is -2.20. The third-order valence-electron chi connectivity index (χ3n) is 3.39. The van der Waals surface area contributed by atoms with E-state index in [4.69, 9.17) is 4.74 Å². The molecule has 1 saturated carbocycles. The summed E-state index contributed by atoms with van der Waals surface area (Å²) in [7, 11) is 0.447. The van der Waals surface area contributed by atoms with Crippen molar-refractivity contribution >= 4 is 9.84 Å². The molecule has 1 fully saturated rings. The van der Waals surface area contributed by atoms with Crippen LogP contribution in [0.5, 0.6) is 0 Å². The van der Waals surface area contributed by atoms with Crippen LogP contribution >= 0.6 is 0 Å². The molecule has 1 aliphatic rings. The van der Waals surface area contributed by atoms with Gasteiger partial charge in [-0.05, 0) is 25.8 Å². The molecular formula is C10H21NO3S. The highest BCUT2D eigenvalue weighted by Crippen LogP contribution is 2.31. The number of ether oxygens (including phenoxy) is 1. The minimum Gasteiger partial charge on any atom is -0.384 e. The van der Waals surface area contributed by atoms with Crippen LogP contribution in [0.25, 0.3) is 0 Å². The van der Waals surface area contributed by atoms with Crippen molar-refractivity contribution in [3.05, 3.63) is 0 Å². The van der Waals surface area contributed by atoms with E-state index in [1.165, 1.54) is 7.11 Å². The van der Waals surface area contributed by atoms with Crippen LogP contribution in [-0.2, 0) is 14.6 Å². The van der Waals surface area contributed by atoms with Crippen LogP contribution in [0.3, 0.4) is 0 Å². The summed E-state index contributed by atoms with van der Waals surface area (Å²) in [6.45, 7) is 2.32. The van der Waals surface area contributed by atoms with Gasteiger partial charge in [0.2, 0.25) is 0 Å². The smallest absolute Gasteiger partial charge is 0.155 e. The van der Waals surface area contributed by atoms with Gasteiger partial charge in [0, 0.05) is 13.2 Å². The number of rotatable bonds is 5. The molecule has 3 unspecified atom stereocenters. The molecule has 0 bridgehead atoms. The van der Waals surface area contributed by atoms with Crippen molar-refractivity contribution in [2.75, 3.05) is 26.5 Å². The van der Waals surface area contributed by atoms with E-state index < -0.39 is 9.84 Å². The van der Waals surface area contributed by atoms with Crippen LogP contribution in [-0.4, -0.2) is 46.2 Å². The first-order chi connectivity index (χ1) is 7.03. The normalized spacial score (nSPS) is 32.1. The summed E-state index contributed by atoms with van der Waals surface area (Å²) in [6.07, 6.45) is 1.73. The first-order valence-corrected chi connectivity index (χ1v) is 7.12. The molecule has 0 aromatic rings. The predicted molar refractivity (Wildman–Crippen MR) is 60.7 cm³/mol. The molecule has 0 spiro atoms. The van der Waals surface area contributed by atoms with E-state index in [9.17, 15) is 8.42 Å². The Kier molecular flexibility index (Phi) is 4.55. The zero-order chi connectivity index (χ0) is 11.5. The summed E-state index contributed by atoms with van der Waals surface area (Å²) in [5, 5.41) is 2.99. The molecule has 3 atom stereocenters. The first kappa shape index (κ1) is 12.9. The third kappa shape index (κ3) is 2.92. The molecule has 0 aromatic carbocycles. The average molecular weight is 235 g/mol. The van der Waals surface area contributed by atoms with E-state index in [2.05, 4.69) is 5.32 Å². The van der Waals surface area contributed by atoms with E-state index in [1.807, 2.05) is 14.0 Å². The van der Waals surface area contributed by atoms with Crippen LogP contribution in [0.15, 0.2) is 0 Å². The van der Waals surface area contributed by atoms with Gasteiger partial charge in [-0.3, -0.25) is 0 Å². The molecule has 1 rings (SSSR count). The molecule has 90 valence electrons. The Labute approximate surface area is 92.3 Å². The lowest BCUT2D eigenvalue weighted by Crippen LogP contribution is -2.35. The first-order valence-electron chi connectivity index (χ1n) is 5.40. The van der Waals surface area contributed by atoms with Gasteiger partial charge in [-0.1, -0.05) is 6.92 Å². The van der Waals surface area contributed by atoms with Gasteiger partial charge < -0.3 is 10.1 Å². The summed E-state index contributed by atoms with van der Waals surface area (Å²) < 4.78 is 28.7. The lowest BCUT2D eigenvalue weighted by molar-refractivity contribution is 0.216. The molecule has 0 saturated heterocycles. The summed E-state index contributed by atoms with van der Waals surface area (Å²) in [6, 6.07) is 0.340. The molecule has 0 aromatic heterocycles. The summed E-state index contributed by atoms with van der Waals surface area (Å²) in [5.41, 5.74) is 0. The predicted octanol–water partition coefficient (Wildman–Crippen LogP) is 0.434. The van der Waals surface area contributed by atoms with Gasteiger partial charge in [0.05, 0.1) is 17.6 Å². The highest BCUT2D eigenvalue weighted by atomic mass is 32.2. The van der Waals surface area contributed by atoms with Crippen molar-refractivity contribution in [2.45, 2.75) is 31.1 Å². The molecule has 4 nitrogen and oxygen atoms in total. The summed E-state index contributed by atoms with van der Waals surface area (Å²) in [5.74, 6) is 0.353. The SMILES string of the molecule is CNC1CCC(S(=O)(=O)CCOC)C1C. The van der Waals surface area contributed by atoms with Crippen LogP contribution in [0.2, 0.25) is 0 Å². The maximum Gasteiger partial charge on any atom is 0.155 e. The monoisotopic (exact) mass is 235 g/mol. The lowest BCUT2D eigenvalue weighted by atomic mass is 10.1. The van der Waals surface area contributed by atoms with Gasteiger partial charge in [-0.15, -0.1) is 0 Å². The third-order valence-corrected chi connectivity index (χ3v) is 5.71. The van der Waals surface area contributed by atoms with Crippen molar-refractivity contribution in [2.24, 2.45) is 5.92 Å². The van der Waals surface area contributed by atoms with Gasteiger partial charge >= 0.3 is 0 Å². The highest BCUT2D eigenvalue weighted by molar-refractivity contribution is 7.92. The zero-order valence-corrected chi connectivity index (χ0v) is 10.5. The van der Waals surface area contributed by atoms with E-state index >= 15 is 0 Å². The Morgan fingerprint density at radius 2 is 2.07 bits per heavy atom. The topological polar surface area (TPSA) is 55.4 Å². The Morgan fingerprint density at radius 1 is 1.40 bits per heavy atom. The minimum atomic E-state index is -2.98. The Balaban J connectivity index is 2.64. The molecule has 0 heterocycles. The Hall–Kier alpha value is -0.130. The molecule has 0 radical (unpaired) electrons. The van der Waals surface area contributed by atoms with Crippen LogP contribution in [0.1, 0.15) is 19.8 Å². The Bertz CT molecular complexity index is 289. The maximum atomic E-state index is 12.0. The minimum absolute atomic E-state index is 0.148. The zero-order valence-electron chi connectivity index (χ0n) is 9.69. The number of hydrogen-bond acceptors (Lipinski definition) is 4. The van der Waals surface area contributed by atoms with Crippen molar-refractivity contribution in [3.8, 4) is 0 Å². The molecular weight excluding hydrogens is 214 g/mol. The fourth-order valence-corrected chi connectivity index (χ4v) is 4.43. The van der Waals surface area contributed by atoms with Gasteiger partial charge in [0.15, 0.2) is 9.84 Å². The van der Waals surface area contributed by atoms with Crippen molar-refractivity contribution in [3.63, 3.8) is 0 Å². The Morgan fingerprint density at radius 3 is 2.53 bits per heavy atom. The number of hydrogen-bond donors (Lipinski definition) is 1. The molecule has 1 aliphatic carbocycles. The summed E-state index contributed by atoms with van der Waals surface area (Å²) in [4.78, 5) is 0. The van der Waals surface area contributed by atoms with E-state index in [-0.39, 0.29) is 16.9 Å². The second-order valence-electron chi connectivity index (χ2n) is 4.23. The van der Waals surface area contributed by atoms with E-state index in [1.54, 1.807) is 0 Å². The quantitative estimate of drug-likeness (QED) is 0.751. The molecule has 0 aliphatic heterocycles. The van der Waals surface area contributed by atoms with Gasteiger partial charge in [0.1, 0.15) is 0 Å². The number of nitrogens with one attached hydrogen (secondary N) is 1. The largest absolute Gasteiger partial charge is 0.384 e. The summed E-state index contributed by atoms with van der Waals surface area (Å²) >= 11 is 0. The fraction of sp³-hybridized carbons (Fsp3) is 1.00. The number of sulfone groups is 1. The fourth-order valence-electron chi connectivity index (χ4n) is 2.39. The van der Waals surface area contributed by atoms with Gasteiger partial charge in [0.25, 0.3) is 0 Å². The molecule has 1 N–H and O–H groups in total.